The molecule has 4 aromatic rings. The molecule has 0 aliphatic rings. The molecule has 0 N–H and O–H groups in total. The van der Waals surface area contributed by atoms with Crippen LogP contribution in [0.1, 0.15) is 46.9 Å². The van der Waals surface area contributed by atoms with Gasteiger partial charge in [-0.2, -0.15) is 56.4 Å². The van der Waals surface area contributed by atoms with Crippen LogP contribution in [0.3, 0.4) is 0 Å². The third-order valence-corrected chi connectivity index (χ3v) is 6.35. The van der Waals surface area contributed by atoms with Crippen molar-refractivity contribution in [2.45, 2.75) is 24.7 Å². The van der Waals surface area contributed by atoms with Gasteiger partial charge < -0.3 is 42.5 Å². The van der Waals surface area contributed by atoms with E-state index in [2.05, 4.69) is 112 Å². The van der Waals surface area contributed by atoms with E-state index in [1.54, 1.807) is 56.4 Å². The Balaban J connectivity index is 0. The van der Waals surface area contributed by atoms with Crippen LogP contribution in [0.4, 0.5) is 0 Å². The normalized spacial score (nSPS) is 9.83. The van der Waals surface area contributed by atoms with Crippen molar-refractivity contribution in [1.82, 2.24) is 0 Å². The number of rotatable bonds is 12. The van der Waals surface area contributed by atoms with Crippen molar-refractivity contribution < 1.29 is 29.6 Å². The van der Waals surface area contributed by atoms with Crippen LogP contribution in [-0.2, 0) is 29.6 Å². The average molecular weight is 1050 g/mol. The van der Waals surface area contributed by atoms with Gasteiger partial charge in [-0.25, -0.2) is 24.7 Å². The van der Waals surface area contributed by atoms with Crippen molar-refractivity contribution in [1.29, 1.82) is 0 Å². The first-order chi connectivity index (χ1) is 23.5. The average Bonchev–Trinajstić information content (AvgIpc) is 3.18. The molecule has 0 atom stereocenters. The SMILES string of the molecule is C[N-]C([N-]C)c1ccccc1.C[N-]C([N-]C)c1ccccc1.C[N-]C([N-]C)c1ccccc1.C[N-]C([N-]C)c1ccccc1.[Ru][I].[Ru][I]. The second-order valence-electron chi connectivity index (χ2n) is 9.20. The fraction of sp³-hybridized carbons (Fsp3) is 0.333. The van der Waals surface area contributed by atoms with Crippen molar-refractivity contribution in [2.24, 2.45) is 0 Å². The molecule has 0 spiro atoms. The fourth-order valence-electron chi connectivity index (χ4n) is 4.16. The van der Waals surface area contributed by atoms with E-state index in [1.165, 1.54) is 0 Å². The van der Waals surface area contributed by atoms with Crippen LogP contribution < -0.4 is 0 Å². The van der Waals surface area contributed by atoms with Gasteiger partial charge in [-0.05, 0) is 0 Å². The fourth-order valence-corrected chi connectivity index (χ4v) is 4.16. The molecule has 0 radical (unpaired) electrons. The molecule has 4 rings (SSSR count). The Morgan fingerprint density at radius 3 is 0.521 bits per heavy atom. The van der Waals surface area contributed by atoms with E-state index >= 15 is 0 Å². The number of halogens is 2. The van der Waals surface area contributed by atoms with Gasteiger partial charge in [-0.1, -0.05) is 144 Å². The molecule has 0 amide bonds. The summed E-state index contributed by atoms with van der Waals surface area (Å²) >= 11 is 8.80. The Morgan fingerprint density at radius 1 is 0.292 bits per heavy atom. The third kappa shape index (κ3) is 22.2. The van der Waals surface area contributed by atoms with Gasteiger partial charge in [0, 0.05) is 0 Å². The summed E-state index contributed by atoms with van der Waals surface area (Å²) < 4.78 is 0. The molecule has 12 heteroatoms. The van der Waals surface area contributed by atoms with Crippen molar-refractivity contribution in [3.05, 3.63) is 186 Å². The van der Waals surface area contributed by atoms with Gasteiger partial charge in [0.2, 0.25) is 0 Å². The maximum absolute atomic E-state index is 4.11. The second-order valence-corrected chi connectivity index (χ2v) is 9.20. The van der Waals surface area contributed by atoms with Crippen LogP contribution in [0, 0.1) is 0 Å². The van der Waals surface area contributed by atoms with Crippen molar-refractivity contribution >= 4 is 39.5 Å². The topological polar surface area (TPSA) is 113 Å². The Hall–Kier alpha value is -0.733. The molecular formula is C36H48I2N8Ru2-8. The molecule has 0 heterocycles. The second kappa shape index (κ2) is 36.1. The predicted molar refractivity (Wildman–Crippen MR) is 219 cm³/mol. The molecule has 0 aliphatic carbocycles. The number of benzene rings is 4. The van der Waals surface area contributed by atoms with Crippen molar-refractivity contribution in [3.63, 3.8) is 0 Å². The molecule has 8 nitrogen and oxygen atoms in total. The molecule has 0 aromatic heterocycles. The number of hydrogen-bond donors (Lipinski definition) is 0. The van der Waals surface area contributed by atoms with Gasteiger partial charge in [0.05, 0.1) is 0 Å². The molecule has 270 valence electrons. The molecule has 0 saturated carbocycles. The quantitative estimate of drug-likeness (QED) is 0.0994. The minimum atomic E-state index is 0.0104. The van der Waals surface area contributed by atoms with Crippen LogP contribution in [0.2, 0.25) is 0 Å². The van der Waals surface area contributed by atoms with Crippen LogP contribution in [-0.4, -0.2) is 56.4 Å². The first kappa shape index (κ1) is 49.4. The first-order valence-corrected chi connectivity index (χ1v) is 25.0. The summed E-state index contributed by atoms with van der Waals surface area (Å²) in [7, 11) is 14.3. The Labute approximate surface area is 333 Å². The summed E-state index contributed by atoms with van der Waals surface area (Å²) in [6.45, 7) is 0. The van der Waals surface area contributed by atoms with Gasteiger partial charge in [-0.3, -0.25) is 0 Å². The minimum absolute atomic E-state index is 0.0104. The van der Waals surface area contributed by atoms with Crippen LogP contribution >= 0.6 is 39.5 Å². The number of nitrogens with zero attached hydrogens (tertiary/aromatic N) is 8. The zero-order valence-electron chi connectivity index (χ0n) is 28.9. The standard InChI is InChI=1S/4C9H12N2.2HI.2Ru/c4*1-10-9(11-2)8-6-4-3-5-7-8;;;;/h4*3-7,9H,1-2H3;2*1H;;/q4*-2;;;2*+1/p-2. The third-order valence-electron chi connectivity index (χ3n) is 6.35. The summed E-state index contributed by atoms with van der Waals surface area (Å²) in [5.41, 5.74) is 4.60. The van der Waals surface area contributed by atoms with Crippen LogP contribution in [0.5, 0.6) is 0 Å². The Bertz CT molecular complexity index is 982. The van der Waals surface area contributed by atoms with Gasteiger partial charge >= 0.3 is 69.1 Å². The Morgan fingerprint density at radius 2 is 0.417 bits per heavy atom. The molecular weight excluding hydrogens is 1000 g/mol. The van der Waals surface area contributed by atoms with E-state index in [0.717, 1.165) is 22.3 Å². The van der Waals surface area contributed by atoms with E-state index in [0.29, 0.717) is 0 Å². The Kier molecular flexibility index (Phi) is 37.1. The number of hydrogen-bond acceptors (Lipinski definition) is 0. The zero-order chi connectivity index (χ0) is 36.4. The molecule has 4 aromatic carbocycles. The maximum atomic E-state index is 4.11. The van der Waals surface area contributed by atoms with Crippen LogP contribution in [0.25, 0.3) is 42.5 Å². The van der Waals surface area contributed by atoms with E-state index in [1.807, 2.05) is 121 Å². The van der Waals surface area contributed by atoms with Crippen molar-refractivity contribution in [2.75, 3.05) is 56.4 Å². The molecule has 48 heavy (non-hydrogen) atoms. The molecule has 0 fully saturated rings. The molecule has 0 aliphatic heterocycles. The van der Waals surface area contributed by atoms with E-state index in [4.69, 9.17) is 0 Å². The summed E-state index contributed by atoms with van der Waals surface area (Å²) in [5, 5.41) is 32.9. The van der Waals surface area contributed by atoms with Gasteiger partial charge in [0.1, 0.15) is 0 Å². The van der Waals surface area contributed by atoms with E-state index in [9.17, 15) is 0 Å². The molecule has 0 saturated heterocycles. The van der Waals surface area contributed by atoms with Gasteiger partial charge in [0.25, 0.3) is 0 Å². The summed E-state index contributed by atoms with van der Waals surface area (Å²) in [4.78, 5) is 0. The monoisotopic (exact) mass is 1050 g/mol. The van der Waals surface area contributed by atoms with Crippen molar-refractivity contribution in [3.8, 4) is 0 Å². The predicted octanol–water partition coefficient (Wildman–Crippen LogP) is 12.5. The molecule has 0 unspecified atom stereocenters. The van der Waals surface area contributed by atoms with E-state index in [-0.39, 0.29) is 24.7 Å². The summed E-state index contributed by atoms with van der Waals surface area (Å²) in [5.74, 6) is 0. The zero-order valence-corrected chi connectivity index (χ0v) is 36.7. The molecule has 0 bridgehead atoms. The first-order valence-electron chi connectivity index (χ1n) is 14.7. The van der Waals surface area contributed by atoms with Gasteiger partial charge in [-0.15, -0.1) is 0 Å². The van der Waals surface area contributed by atoms with Gasteiger partial charge in [0.15, 0.2) is 0 Å². The summed E-state index contributed by atoms with van der Waals surface area (Å²) in [6, 6.07) is 40.2. The van der Waals surface area contributed by atoms with Crippen LogP contribution in [0.15, 0.2) is 121 Å². The van der Waals surface area contributed by atoms with E-state index < -0.39 is 0 Å². The summed E-state index contributed by atoms with van der Waals surface area (Å²) in [6.07, 6.45) is 0.0415.